The molecule has 0 saturated heterocycles. The molecular weight excluding hydrogens is 160 g/mol. The molecule has 0 aliphatic carbocycles. The monoisotopic (exact) mass is 172 g/mol. The highest BCUT2D eigenvalue weighted by Crippen LogP contribution is 2.19. The van der Waals surface area contributed by atoms with Crippen LogP contribution >= 0.6 is 11.6 Å². The van der Waals surface area contributed by atoms with Gasteiger partial charge in [0.05, 0.1) is 12.2 Å². The summed E-state index contributed by atoms with van der Waals surface area (Å²) in [4.78, 5) is 0. The van der Waals surface area contributed by atoms with Crippen molar-refractivity contribution in [1.29, 1.82) is 0 Å². The number of hydrogen-bond donors (Lipinski definition) is 0. The van der Waals surface area contributed by atoms with Gasteiger partial charge in [0, 0.05) is 0 Å². The third kappa shape index (κ3) is 1.74. The van der Waals surface area contributed by atoms with Gasteiger partial charge >= 0.3 is 0 Å². The Morgan fingerprint density at radius 2 is 2.18 bits per heavy atom. The summed E-state index contributed by atoms with van der Waals surface area (Å²) < 4.78 is 1.88. The van der Waals surface area contributed by atoms with Crippen LogP contribution in [-0.4, -0.2) is 9.78 Å². The van der Waals surface area contributed by atoms with Gasteiger partial charge in [0.1, 0.15) is 5.15 Å². The zero-order valence-electron chi connectivity index (χ0n) is 6.92. The van der Waals surface area contributed by atoms with E-state index in [1.807, 2.05) is 10.7 Å². The van der Waals surface area contributed by atoms with Crippen LogP contribution in [0, 0.1) is 0 Å². The van der Waals surface area contributed by atoms with Crippen LogP contribution in [0.15, 0.2) is 12.3 Å². The summed E-state index contributed by atoms with van der Waals surface area (Å²) in [6, 6.07) is 2.28. The van der Waals surface area contributed by atoms with E-state index in [4.69, 9.17) is 11.6 Å². The third-order valence-corrected chi connectivity index (χ3v) is 2.21. The van der Waals surface area contributed by atoms with E-state index in [1.54, 1.807) is 6.20 Å². The van der Waals surface area contributed by atoms with Crippen molar-refractivity contribution in [3.63, 3.8) is 0 Å². The highest BCUT2D eigenvalue weighted by atomic mass is 35.5. The zero-order chi connectivity index (χ0) is 8.27. The normalized spacial score (nSPS) is 10.9. The molecular formula is C8H13ClN2. The van der Waals surface area contributed by atoms with Crippen molar-refractivity contribution in [2.75, 3.05) is 0 Å². The summed E-state index contributed by atoms with van der Waals surface area (Å²) in [5, 5.41) is 4.88. The predicted molar refractivity (Wildman–Crippen MR) is 46.9 cm³/mol. The second-order valence-corrected chi connectivity index (χ2v) is 2.96. The van der Waals surface area contributed by atoms with E-state index in [-0.39, 0.29) is 0 Å². The average Bonchev–Trinajstić information content (AvgIpc) is 2.40. The Labute approximate surface area is 72.2 Å². The highest BCUT2D eigenvalue weighted by Gasteiger charge is 2.08. The lowest BCUT2D eigenvalue weighted by molar-refractivity contribution is 0.429. The van der Waals surface area contributed by atoms with Crippen LogP contribution in [0.3, 0.4) is 0 Å². The van der Waals surface area contributed by atoms with Crippen LogP contribution < -0.4 is 0 Å². The van der Waals surface area contributed by atoms with Crippen molar-refractivity contribution in [3.8, 4) is 0 Å². The van der Waals surface area contributed by atoms with Gasteiger partial charge in [-0.05, 0) is 18.9 Å². The topological polar surface area (TPSA) is 17.8 Å². The van der Waals surface area contributed by atoms with Gasteiger partial charge in [0.25, 0.3) is 0 Å². The van der Waals surface area contributed by atoms with Crippen LogP contribution in [0.1, 0.15) is 32.7 Å². The number of aromatic nitrogens is 2. The molecule has 0 spiro atoms. The van der Waals surface area contributed by atoms with E-state index in [1.165, 1.54) is 0 Å². The largest absolute Gasteiger partial charge is 0.251 e. The van der Waals surface area contributed by atoms with Gasteiger partial charge in [-0.15, -0.1) is 0 Å². The maximum Gasteiger partial charge on any atom is 0.127 e. The second kappa shape index (κ2) is 3.77. The van der Waals surface area contributed by atoms with E-state index in [9.17, 15) is 0 Å². The molecule has 62 valence electrons. The highest BCUT2D eigenvalue weighted by molar-refractivity contribution is 6.29. The van der Waals surface area contributed by atoms with Gasteiger partial charge in [0.2, 0.25) is 0 Å². The fourth-order valence-corrected chi connectivity index (χ4v) is 1.44. The molecule has 0 unspecified atom stereocenters. The SMILES string of the molecule is CCC(CC)n1nccc1Cl. The minimum absolute atomic E-state index is 0.456. The summed E-state index contributed by atoms with van der Waals surface area (Å²) in [7, 11) is 0. The summed E-state index contributed by atoms with van der Waals surface area (Å²) in [6.07, 6.45) is 3.90. The Kier molecular flexibility index (Phi) is 2.94. The first kappa shape index (κ1) is 8.60. The molecule has 1 aromatic rings. The van der Waals surface area contributed by atoms with E-state index in [0.717, 1.165) is 18.0 Å². The third-order valence-electron chi connectivity index (χ3n) is 1.91. The van der Waals surface area contributed by atoms with Gasteiger partial charge < -0.3 is 0 Å². The molecule has 0 bridgehead atoms. The first-order valence-corrected chi connectivity index (χ1v) is 4.36. The number of hydrogen-bond acceptors (Lipinski definition) is 1. The quantitative estimate of drug-likeness (QED) is 0.686. The summed E-state index contributed by atoms with van der Waals surface area (Å²) >= 11 is 5.89. The molecule has 0 saturated carbocycles. The van der Waals surface area contributed by atoms with Gasteiger partial charge in [0.15, 0.2) is 0 Å². The van der Waals surface area contributed by atoms with Crippen LogP contribution in [0.5, 0.6) is 0 Å². The van der Waals surface area contributed by atoms with E-state index >= 15 is 0 Å². The molecule has 0 aliphatic heterocycles. The maximum atomic E-state index is 5.89. The maximum absolute atomic E-state index is 5.89. The lowest BCUT2D eigenvalue weighted by atomic mass is 10.2. The smallest absolute Gasteiger partial charge is 0.127 e. The van der Waals surface area contributed by atoms with Gasteiger partial charge in [-0.2, -0.15) is 5.10 Å². The van der Waals surface area contributed by atoms with Crippen molar-refractivity contribution in [2.24, 2.45) is 0 Å². The molecule has 1 aromatic heterocycles. The Hall–Kier alpha value is -0.500. The lowest BCUT2D eigenvalue weighted by Gasteiger charge is -2.13. The predicted octanol–water partition coefficient (Wildman–Crippen LogP) is 2.90. The summed E-state index contributed by atoms with van der Waals surface area (Å²) in [6.45, 7) is 4.29. The molecule has 0 atom stereocenters. The van der Waals surface area contributed by atoms with Crippen molar-refractivity contribution < 1.29 is 0 Å². The Morgan fingerprint density at radius 1 is 1.55 bits per heavy atom. The molecule has 0 amide bonds. The molecule has 0 fully saturated rings. The fourth-order valence-electron chi connectivity index (χ4n) is 1.20. The van der Waals surface area contributed by atoms with Crippen molar-refractivity contribution in [2.45, 2.75) is 32.7 Å². The Balaban J connectivity index is 2.81. The van der Waals surface area contributed by atoms with Gasteiger partial charge in [-0.25, -0.2) is 0 Å². The van der Waals surface area contributed by atoms with Crippen molar-refractivity contribution >= 4 is 11.6 Å². The van der Waals surface area contributed by atoms with Crippen molar-refractivity contribution in [1.82, 2.24) is 9.78 Å². The van der Waals surface area contributed by atoms with Gasteiger partial charge in [-0.3, -0.25) is 4.68 Å². The molecule has 1 heterocycles. The Bertz CT molecular complexity index is 216. The zero-order valence-corrected chi connectivity index (χ0v) is 7.67. The van der Waals surface area contributed by atoms with Crippen LogP contribution in [0.4, 0.5) is 0 Å². The minimum atomic E-state index is 0.456. The average molecular weight is 173 g/mol. The summed E-state index contributed by atoms with van der Waals surface area (Å²) in [5.41, 5.74) is 0. The van der Waals surface area contributed by atoms with E-state index in [0.29, 0.717) is 6.04 Å². The number of halogens is 1. The molecule has 0 radical (unpaired) electrons. The fraction of sp³-hybridized carbons (Fsp3) is 0.625. The van der Waals surface area contributed by atoms with Crippen molar-refractivity contribution in [3.05, 3.63) is 17.4 Å². The molecule has 3 heteroatoms. The molecule has 1 rings (SSSR count). The Morgan fingerprint density at radius 3 is 2.55 bits per heavy atom. The number of rotatable bonds is 3. The van der Waals surface area contributed by atoms with Gasteiger partial charge in [-0.1, -0.05) is 25.4 Å². The molecule has 2 nitrogen and oxygen atoms in total. The molecule has 0 N–H and O–H groups in total. The van der Waals surface area contributed by atoms with Crippen LogP contribution in [-0.2, 0) is 0 Å². The molecule has 0 aliphatic rings. The minimum Gasteiger partial charge on any atom is -0.251 e. The van der Waals surface area contributed by atoms with Crippen LogP contribution in [0.2, 0.25) is 5.15 Å². The first-order chi connectivity index (χ1) is 5.29. The summed E-state index contributed by atoms with van der Waals surface area (Å²) in [5.74, 6) is 0. The molecule has 11 heavy (non-hydrogen) atoms. The number of nitrogens with zero attached hydrogens (tertiary/aromatic N) is 2. The van der Waals surface area contributed by atoms with Crippen LogP contribution in [0.25, 0.3) is 0 Å². The standard InChI is InChI=1S/C8H13ClN2/c1-3-7(4-2)11-8(9)5-6-10-11/h5-7H,3-4H2,1-2H3. The van der Waals surface area contributed by atoms with E-state index in [2.05, 4.69) is 18.9 Å². The second-order valence-electron chi connectivity index (χ2n) is 2.57. The lowest BCUT2D eigenvalue weighted by Crippen LogP contribution is -2.08. The first-order valence-electron chi connectivity index (χ1n) is 3.98. The van der Waals surface area contributed by atoms with E-state index < -0.39 is 0 Å². The molecule has 0 aromatic carbocycles.